The Labute approximate surface area is 70.7 Å². The molecule has 5 nitrogen and oxygen atoms in total. The molecule has 5 heteroatoms. The fourth-order valence-electron chi connectivity index (χ4n) is 0.718. The van der Waals surface area contributed by atoms with Crippen LogP contribution in [0.2, 0.25) is 0 Å². The third-order valence-corrected chi connectivity index (χ3v) is 1.40. The summed E-state index contributed by atoms with van der Waals surface area (Å²) in [7, 11) is 3.40. The number of nitrogens with one attached hydrogen (secondary N) is 1. The van der Waals surface area contributed by atoms with Crippen molar-refractivity contribution in [1.29, 1.82) is 5.26 Å². The average Bonchev–Trinajstić information content (AvgIpc) is 2.17. The number of aromatic nitrogens is 2. The van der Waals surface area contributed by atoms with E-state index < -0.39 is 0 Å². The van der Waals surface area contributed by atoms with Gasteiger partial charge >= 0.3 is 0 Å². The fraction of sp³-hybridized carbons (Fsp3) is 0.286. The van der Waals surface area contributed by atoms with Crippen molar-refractivity contribution in [2.24, 2.45) is 0 Å². The number of rotatable bonds is 2. The van der Waals surface area contributed by atoms with E-state index in [1.807, 2.05) is 6.19 Å². The summed E-state index contributed by atoms with van der Waals surface area (Å²) in [5.41, 5.74) is 0. The van der Waals surface area contributed by atoms with E-state index in [0.29, 0.717) is 11.6 Å². The van der Waals surface area contributed by atoms with Crippen LogP contribution in [0.1, 0.15) is 0 Å². The molecule has 0 saturated heterocycles. The van der Waals surface area contributed by atoms with E-state index in [-0.39, 0.29) is 0 Å². The van der Waals surface area contributed by atoms with Crippen LogP contribution in [0.5, 0.6) is 0 Å². The molecule has 0 aliphatic carbocycles. The quantitative estimate of drug-likeness (QED) is 0.506. The molecular weight excluding hydrogens is 154 g/mol. The molecular formula is C7H9N5. The maximum Gasteiger partial charge on any atom is 0.185 e. The first-order valence-corrected chi connectivity index (χ1v) is 3.41. The molecule has 0 aliphatic heterocycles. The Morgan fingerprint density at radius 1 is 1.58 bits per heavy atom. The molecule has 0 radical (unpaired) electrons. The first-order chi connectivity index (χ1) is 5.77. The van der Waals surface area contributed by atoms with E-state index in [1.165, 1.54) is 11.2 Å². The fourth-order valence-corrected chi connectivity index (χ4v) is 0.718. The summed E-state index contributed by atoms with van der Waals surface area (Å²) in [6, 6.07) is 1.70. The Balaban J connectivity index is 2.95. The molecule has 0 bridgehead atoms. The van der Waals surface area contributed by atoms with Crippen molar-refractivity contribution < 1.29 is 0 Å². The highest BCUT2D eigenvalue weighted by Crippen LogP contribution is 2.10. The summed E-state index contributed by atoms with van der Waals surface area (Å²) in [5, 5.41) is 11.4. The minimum Gasteiger partial charge on any atom is -0.373 e. The van der Waals surface area contributed by atoms with Gasteiger partial charge in [-0.3, -0.25) is 4.90 Å². The van der Waals surface area contributed by atoms with Crippen LogP contribution >= 0.6 is 0 Å². The van der Waals surface area contributed by atoms with Gasteiger partial charge in [-0.2, -0.15) is 5.26 Å². The predicted octanol–water partition coefficient (Wildman–Crippen LogP) is 0.436. The maximum atomic E-state index is 8.55. The molecule has 0 amide bonds. The molecule has 0 unspecified atom stereocenters. The highest BCUT2D eigenvalue weighted by atomic mass is 15.2. The zero-order valence-corrected chi connectivity index (χ0v) is 6.94. The molecule has 0 fully saturated rings. The van der Waals surface area contributed by atoms with Gasteiger partial charge in [0.05, 0.1) is 0 Å². The summed E-state index contributed by atoms with van der Waals surface area (Å²) in [6.45, 7) is 0. The highest BCUT2D eigenvalue weighted by Gasteiger charge is 2.00. The van der Waals surface area contributed by atoms with Gasteiger partial charge in [0.15, 0.2) is 6.19 Å². The van der Waals surface area contributed by atoms with Crippen molar-refractivity contribution in [2.75, 3.05) is 24.3 Å². The molecule has 1 aromatic rings. The average molecular weight is 163 g/mol. The molecule has 0 spiro atoms. The van der Waals surface area contributed by atoms with Gasteiger partial charge in [0.25, 0.3) is 0 Å². The summed E-state index contributed by atoms with van der Waals surface area (Å²) in [5.74, 6) is 1.28. The zero-order chi connectivity index (χ0) is 8.97. The number of nitriles is 1. The molecule has 1 N–H and O–H groups in total. The van der Waals surface area contributed by atoms with Crippen molar-refractivity contribution >= 4 is 11.6 Å². The van der Waals surface area contributed by atoms with E-state index in [0.717, 1.165) is 0 Å². The highest BCUT2D eigenvalue weighted by molar-refractivity contribution is 5.49. The van der Waals surface area contributed by atoms with Crippen LogP contribution in [0.3, 0.4) is 0 Å². The second-order valence-corrected chi connectivity index (χ2v) is 2.17. The van der Waals surface area contributed by atoms with Gasteiger partial charge in [0, 0.05) is 20.2 Å². The van der Waals surface area contributed by atoms with Crippen molar-refractivity contribution in [3.63, 3.8) is 0 Å². The van der Waals surface area contributed by atoms with Crippen LogP contribution in [-0.4, -0.2) is 24.1 Å². The Bertz CT molecular complexity index is 303. The van der Waals surface area contributed by atoms with Crippen molar-refractivity contribution in [3.8, 4) is 6.19 Å². The number of hydrogen-bond donors (Lipinski definition) is 1. The Kier molecular flexibility index (Phi) is 2.43. The molecule has 0 aliphatic rings. The van der Waals surface area contributed by atoms with Crippen molar-refractivity contribution in [3.05, 3.63) is 12.4 Å². The maximum absolute atomic E-state index is 8.55. The van der Waals surface area contributed by atoms with Gasteiger partial charge in [0.2, 0.25) is 0 Å². The van der Waals surface area contributed by atoms with Gasteiger partial charge in [0.1, 0.15) is 18.0 Å². The molecule has 62 valence electrons. The summed E-state index contributed by atoms with van der Waals surface area (Å²) in [6.07, 6.45) is 3.36. The van der Waals surface area contributed by atoms with Crippen LogP contribution in [0.4, 0.5) is 11.6 Å². The Morgan fingerprint density at radius 3 is 2.92 bits per heavy atom. The smallest absolute Gasteiger partial charge is 0.185 e. The largest absolute Gasteiger partial charge is 0.373 e. The van der Waals surface area contributed by atoms with E-state index in [1.54, 1.807) is 20.2 Å². The zero-order valence-electron chi connectivity index (χ0n) is 6.94. The Morgan fingerprint density at radius 2 is 2.33 bits per heavy atom. The molecule has 1 heterocycles. The Hall–Kier alpha value is -1.83. The molecule has 0 aromatic carbocycles. The first kappa shape index (κ1) is 8.27. The molecule has 12 heavy (non-hydrogen) atoms. The SMILES string of the molecule is CNc1cc(N(C)C#N)ncn1. The monoisotopic (exact) mass is 163 g/mol. The van der Waals surface area contributed by atoms with Gasteiger partial charge in [-0.1, -0.05) is 0 Å². The van der Waals surface area contributed by atoms with Gasteiger partial charge in [-0.15, -0.1) is 0 Å². The lowest BCUT2D eigenvalue weighted by molar-refractivity contribution is 1.08. The van der Waals surface area contributed by atoms with Crippen LogP contribution in [0, 0.1) is 11.5 Å². The predicted molar refractivity (Wildman–Crippen MR) is 45.6 cm³/mol. The van der Waals surface area contributed by atoms with Crippen LogP contribution in [0.25, 0.3) is 0 Å². The topological polar surface area (TPSA) is 64.8 Å². The third-order valence-electron chi connectivity index (χ3n) is 1.40. The van der Waals surface area contributed by atoms with Crippen LogP contribution in [-0.2, 0) is 0 Å². The van der Waals surface area contributed by atoms with Gasteiger partial charge in [-0.05, 0) is 0 Å². The summed E-state index contributed by atoms with van der Waals surface area (Å²) in [4.78, 5) is 9.19. The molecule has 0 saturated carbocycles. The van der Waals surface area contributed by atoms with Gasteiger partial charge < -0.3 is 5.32 Å². The van der Waals surface area contributed by atoms with E-state index in [4.69, 9.17) is 5.26 Å². The van der Waals surface area contributed by atoms with E-state index >= 15 is 0 Å². The summed E-state index contributed by atoms with van der Waals surface area (Å²) < 4.78 is 0. The normalized spacial score (nSPS) is 8.75. The lowest BCUT2D eigenvalue weighted by Crippen LogP contribution is -2.10. The lowest BCUT2D eigenvalue weighted by atomic mass is 10.5. The second kappa shape index (κ2) is 3.53. The lowest BCUT2D eigenvalue weighted by Gasteiger charge is -2.07. The van der Waals surface area contributed by atoms with Crippen molar-refractivity contribution in [2.45, 2.75) is 0 Å². The van der Waals surface area contributed by atoms with Crippen molar-refractivity contribution in [1.82, 2.24) is 9.97 Å². The number of hydrogen-bond acceptors (Lipinski definition) is 5. The first-order valence-electron chi connectivity index (χ1n) is 3.41. The molecule has 1 rings (SSSR count). The molecule has 1 aromatic heterocycles. The number of nitrogens with zero attached hydrogens (tertiary/aromatic N) is 4. The van der Waals surface area contributed by atoms with Gasteiger partial charge in [-0.25, -0.2) is 9.97 Å². The van der Waals surface area contributed by atoms with Crippen LogP contribution in [0.15, 0.2) is 12.4 Å². The second-order valence-electron chi connectivity index (χ2n) is 2.17. The van der Waals surface area contributed by atoms with E-state index in [2.05, 4.69) is 15.3 Å². The minimum atomic E-state index is 0.580. The molecule has 0 atom stereocenters. The third kappa shape index (κ3) is 1.61. The van der Waals surface area contributed by atoms with Crippen LogP contribution < -0.4 is 10.2 Å². The summed E-state index contributed by atoms with van der Waals surface area (Å²) >= 11 is 0. The number of anilines is 2. The van der Waals surface area contributed by atoms with E-state index in [9.17, 15) is 0 Å². The standard InChI is InChI=1S/C7H9N5/c1-9-6-3-7(11-5-10-6)12(2)4-8/h3,5H,1-2H3,(H,9,10,11). The minimum absolute atomic E-state index is 0.580.